The molecule has 2 amide bonds. The molecule has 24 heavy (non-hydrogen) atoms. The maximum atomic E-state index is 11.6. The van der Waals surface area contributed by atoms with Crippen LogP contribution in [0.15, 0.2) is 0 Å². The lowest BCUT2D eigenvalue weighted by Crippen LogP contribution is -2.30. The van der Waals surface area contributed by atoms with Crippen LogP contribution >= 0.6 is 87.3 Å². The lowest BCUT2D eigenvalue weighted by atomic mass is 10.6. The van der Waals surface area contributed by atoms with E-state index in [2.05, 4.69) is 10.6 Å². The average molecular weight is 483 g/mol. The number of amides is 2. The Bertz CT molecular complexity index is 409. The molecule has 0 atom stereocenters. The molecule has 0 heterocycles. The van der Waals surface area contributed by atoms with Gasteiger partial charge in [-0.25, -0.2) is 0 Å². The summed E-state index contributed by atoms with van der Waals surface area (Å²) in [5.74, 6) is 0. The average Bonchev–Trinajstić information content (AvgIpc) is 2.51. The molecule has 0 radical (unpaired) electrons. The minimum absolute atomic E-state index is 0.169. The zero-order valence-corrected chi connectivity index (χ0v) is 19.9. The van der Waals surface area contributed by atoms with Gasteiger partial charge in [0.2, 0.25) is 0 Å². The number of rotatable bonds is 7. The summed E-state index contributed by atoms with van der Waals surface area (Å²) in [7, 11) is 14.9. The highest BCUT2D eigenvalue weighted by atomic mass is 33.5. The van der Waals surface area contributed by atoms with Crippen LogP contribution in [0.1, 0.15) is 0 Å². The largest absolute Gasteiger partial charge is 0.363 e. The van der Waals surface area contributed by atoms with Crippen molar-refractivity contribution < 1.29 is 9.59 Å². The van der Waals surface area contributed by atoms with Crippen LogP contribution in [0, 0.1) is 0 Å². The minimum atomic E-state index is -0.169. The molecule has 0 bridgehead atoms. The lowest BCUT2D eigenvalue weighted by Gasteiger charge is -2.11. The third kappa shape index (κ3) is 14.0. The van der Waals surface area contributed by atoms with Crippen molar-refractivity contribution in [2.24, 2.45) is 0 Å². The second-order valence-electron chi connectivity index (χ2n) is 4.22. The summed E-state index contributed by atoms with van der Waals surface area (Å²) in [5.41, 5.74) is 0. The maximum Gasteiger partial charge on any atom is 0.290 e. The third-order valence-corrected chi connectivity index (χ3v) is 10.7. The monoisotopic (exact) mass is 482 g/mol. The van der Waals surface area contributed by atoms with Gasteiger partial charge in [0.25, 0.3) is 10.5 Å². The Kier molecular flexibility index (Phi) is 15.4. The second kappa shape index (κ2) is 14.9. The Morgan fingerprint density at radius 3 is 1.38 bits per heavy atom. The number of hydrogen-bond acceptors (Lipinski definition) is 10. The fourth-order valence-corrected chi connectivity index (χ4v) is 8.06. The molecule has 0 fully saturated rings. The standard InChI is InChI=1S/C10H18N4O2S8/c1-13(2)9(17)21-23-19-7(15)11-5-6-12-8(16)20-24-22-10(18)14(3)4/h5-6H2,1-4H3,(H,11,15)(H,12,16). The molecule has 0 aromatic carbocycles. The number of nitrogens with zero attached hydrogens (tertiary/aromatic N) is 2. The van der Waals surface area contributed by atoms with E-state index >= 15 is 0 Å². The van der Waals surface area contributed by atoms with Crippen LogP contribution < -0.4 is 10.6 Å². The lowest BCUT2D eigenvalue weighted by molar-refractivity contribution is 0.257. The summed E-state index contributed by atoms with van der Waals surface area (Å²) in [6.45, 7) is 0.741. The smallest absolute Gasteiger partial charge is 0.290 e. The van der Waals surface area contributed by atoms with E-state index in [-0.39, 0.29) is 10.5 Å². The molecule has 0 aliphatic rings. The van der Waals surface area contributed by atoms with Gasteiger partial charge in [-0.3, -0.25) is 9.59 Å². The number of thiocarbonyl (C=S) groups is 2. The predicted octanol–water partition coefficient (Wildman–Crippen LogP) is 4.16. The van der Waals surface area contributed by atoms with Crippen molar-refractivity contribution in [2.75, 3.05) is 41.3 Å². The van der Waals surface area contributed by atoms with E-state index in [1.54, 1.807) is 9.80 Å². The van der Waals surface area contributed by atoms with Crippen LogP contribution in [-0.2, 0) is 0 Å². The van der Waals surface area contributed by atoms with Crippen LogP contribution in [0.25, 0.3) is 0 Å². The van der Waals surface area contributed by atoms with E-state index in [0.29, 0.717) is 21.7 Å². The molecule has 0 aliphatic carbocycles. The Balaban J connectivity index is 3.60. The number of hydrogen-bond donors (Lipinski definition) is 2. The number of carbonyl (C=O) groups is 2. The quantitative estimate of drug-likeness (QED) is 0.311. The first-order valence-corrected chi connectivity index (χ1v) is 14.0. The molecule has 0 unspecified atom stereocenters. The zero-order valence-electron chi connectivity index (χ0n) is 13.4. The van der Waals surface area contributed by atoms with Crippen molar-refractivity contribution in [3.63, 3.8) is 0 Å². The van der Waals surface area contributed by atoms with Gasteiger partial charge in [-0.15, -0.1) is 0 Å². The van der Waals surface area contributed by atoms with E-state index < -0.39 is 0 Å². The van der Waals surface area contributed by atoms with Gasteiger partial charge in [0.15, 0.2) is 0 Å². The van der Waals surface area contributed by atoms with Gasteiger partial charge in [-0.2, -0.15) is 0 Å². The van der Waals surface area contributed by atoms with Gasteiger partial charge in [-0.05, 0) is 41.2 Å². The first-order chi connectivity index (χ1) is 11.2. The molecule has 6 nitrogen and oxygen atoms in total. The molecular formula is C10H18N4O2S8. The van der Waals surface area contributed by atoms with E-state index in [0.717, 1.165) is 21.6 Å². The number of carbonyl (C=O) groups excluding carboxylic acids is 2. The molecule has 14 heteroatoms. The molecule has 0 saturated carbocycles. The third-order valence-electron chi connectivity index (χ3n) is 1.82. The van der Waals surface area contributed by atoms with Crippen LogP contribution in [0.2, 0.25) is 0 Å². The highest BCUT2D eigenvalue weighted by Gasteiger charge is 2.08. The topological polar surface area (TPSA) is 64.7 Å². The fourth-order valence-electron chi connectivity index (χ4n) is 0.691. The normalized spacial score (nSPS) is 10.0. The van der Waals surface area contributed by atoms with Gasteiger partial charge in [0.1, 0.15) is 8.64 Å². The van der Waals surface area contributed by atoms with Crippen LogP contribution in [0.3, 0.4) is 0 Å². The molecule has 0 saturated heterocycles. The molecular weight excluding hydrogens is 465 g/mol. The summed E-state index contributed by atoms with van der Waals surface area (Å²) in [4.78, 5) is 26.7. The predicted molar refractivity (Wildman–Crippen MR) is 125 cm³/mol. The first kappa shape index (κ1) is 24.8. The van der Waals surface area contributed by atoms with Crippen LogP contribution in [0.4, 0.5) is 9.59 Å². The van der Waals surface area contributed by atoms with E-state index in [1.807, 2.05) is 28.2 Å². The molecule has 138 valence electrons. The molecule has 2 N–H and O–H groups in total. The summed E-state index contributed by atoms with van der Waals surface area (Å²) in [6, 6.07) is 0. The summed E-state index contributed by atoms with van der Waals surface area (Å²) in [6.07, 6.45) is 0. The van der Waals surface area contributed by atoms with Crippen molar-refractivity contribution in [1.29, 1.82) is 0 Å². The highest BCUT2D eigenvalue weighted by molar-refractivity contribution is 9.15. The zero-order chi connectivity index (χ0) is 18.5. The Morgan fingerprint density at radius 1 is 0.750 bits per heavy atom. The highest BCUT2D eigenvalue weighted by Crippen LogP contribution is 2.37. The van der Waals surface area contributed by atoms with Gasteiger partial charge in [-0.1, -0.05) is 24.4 Å². The van der Waals surface area contributed by atoms with E-state index in [4.69, 9.17) is 24.4 Å². The minimum Gasteiger partial charge on any atom is -0.363 e. The van der Waals surface area contributed by atoms with Crippen molar-refractivity contribution >= 4 is 106 Å². The summed E-state index contributed by atoms with van der Waals surface area (Å²) in [5, 5.41) is 5.06. The van der Waals surface area contributed by atoms with Gasteiger partial charge in [0.05, 0.1) is 0 Å². The fraction of sp³-hybridized carbons (Fsp3) is 0.600. The van der Waals surface area contributed by atoms with Crippen molar-refractivity contribution in [1.82, 2.24) is 20.4 Å². The summed E-state index contributed by atoms with van der Waals surface area (Å²) < 4.78 is 1.41. The Morgan fingerprint density at radius 2 is 1.08 bits per heavy atom. The van der Waals surface area contributed by atoms with Crippen LogP contribution in [-0.4, -0.2) is 70.2 Å². The molecule has 0 aromatic heterocycles. The molecule has 0 spiro atoms. The molecule has 0 rings (SSSR count). The van der Waals surface area contributed by atoms with Gasteiger partial charge < -0.3 is 20.4 Å². The maximum absolute atomic E-state index is 11.6. The first-order valence-electron chi connectivity index (χ1n) is 6.24. The van der Waals surface area contributed by atoms with Gasteiger partial charge >= 0.3 is 0 Å². The number of nitrogens with one attached hydrogen (secondary N) is 2. The molecule has 0 aliphatic heterocycles. The van der Waals surface area contributed by atoms with E-state index in [1.165, 1.54) is 41.2 Å². The van der Waals surface area contributed by atoms with Crippen molar-refractivity contribution in [3.05, 3.63) is 0 Å². The Labute approximate surface area is 176 Å². The summed E-state index contributed by atoms with van der Waals surface area (Å²) >= 11 is 10.2. The second-order valence-corrected chi connectivity index (χ2v) is 13.2. The van der Waals surface area contributed by atoms with Crippen LogP contribution in [0.5, 0.6) is 0 Å². The Hall–Kier alpha value is 0.820. The van der Waals surface area contributed by atoms with Gasteiger partial charge in [0, 0.05) is 62.9 Å². The van der Waals surface area contributed by atoms with Crippen molar-refractivity contribution in [3.8, 4) is 0 Å². The SMILES string of the molecule is CN(C)C(=S)SSSC(=O)NCCNC(=O)SSSC(=S)N(C)C. The van der Waals surface area contributed by atoms with Crippen molar-refractivity contribution in [2.45, 2.75) is 0 Å². The molecule has 0 aromatic rings. The van der Waals surface area contributed by atoms with E-state index in [9.17, 15) is 9.59 Å².